The van der Waals surface area contributed by atoms with E-state index in [1.165, 1.54) is 18.1 Å². The number of allylic oxidation sites excluding steroid dienone is 2. The third kappa shape index (κ3) is 2.00. The van der Waals surface area contributed by atoms with Gasteiger partial charge in [0.2, 0.25) is 0 Å². The summed E-state index contributed by atoms with van der Waals surface area (Å²) in [5.74, 6) is 1.10. The Morgan fingerprint density at radius 2 is 2.05 bits per heavy atom. The number of ether oxygens (including phenoxy) is 1. The normalized spacial score (nSPS) is 29.2. The molecule has 1 N–H and O–H groups in total. The van der Waals surface area contributed by atoms with Crippen LogP contribution in [0, 0.1) is 0 Å². The van der Waals surface area contributed by atoms with Crippen molar-refractivity contribution in [3.63, 3.8) is 0 Å². The second-order valence-electron chi connectivity index (χ2n) is 5.61. The molecule has 2 atom stereocenters. The summed E-state index contributed by atoms with van der Waals surface area (Å²) >= 11 is 0. The summed E-state index contributed by atoms with van der Waals surface area (Å²) < 4.78 is 5.90. The Morgan fingerprint density at radius 3 is 2.89 bits per heavy atom. The molecule has 100 valence electrons. The highest BCUT2D eigenvalue weighted by atomic mass is 16.5. The van der Waals surface area contributed by atoms with Crippen LogP contribution >= 0.6 is 0 Å². The van der Waals surface area contributed by atoms with E-state index in [1.54, 1.807) is 0 Å². The lowest BCUT2D eigenvalue weighted by Gasteiger charge is -2.32. The van der Waals surface area contributed by atoms with Crippen LogP contribution in [0.2, 0.25) is 0 Å². The molecular formula is C15H19N3O. The van der Waals surface area contributed by atoms with Crippen LogP contribution in [-0.4, -0.2) is 35.5 Å². The van der Waals surface area contributed by atoms with Crippen LogP contribution in [-0.2, 0) is 4.74 Å². The molecule has 2 fully saturated rings. The van der Waals surface area contributed by atoms with Gasteiger partial charge in [-0.25, -0.2) is 0 Å². The Morgan fingerprint density at radius 1 is 1.21 bits per heavy atom. The van der Waals surface area contributed by atoms with Gasteiger partial charge in [0.1, 0.15) is 0 Å². The minimum atomic E-state index is 0.402. The van der Waals surface area contributed by atoms with Gasteiger partial charge in [-0.2, -0.15) is 5.10 Å². The van der Waals surface area contributed by atoms with E-state index in [1.807, 2.05) is 0 Å². The standard InChI is InChI=1S/C15H19N3O/c1-2-4-6-14-13(5-3-1)15(17-16-14)18-9-11-7-8-12(10-18)19-11/h1,3,5-6,11-12,16H,2,4,7-10H2. The van der Waals surface area contributed by atoms with E-state index >= 15 is 0 Å². The van der Waals surface area contributed by atoms with Gasteiger partial charge >= 0.3 is 0 Å². The summed E-state index contributed by atoms with van der Waals surface area (Å²) in [5.41, 5.74) is 0. The molecule has 2 bridgehead atoms. The predicted octanol–water partition coefficient (Wildman–Crippen LogP) is 0.688. The maximum Gasteiger partial charge on any atom is 0.158 e. The maximum atomic E-state index is 5.90. The van der Waals surface area contributed by atoms with Crippen LogP contribution in [0.5, 0.6) is 0 Å². The molecule has 4 rings (SSSR count). The fourth-order valence-corrected chi connectivity index (χ4v) is 3.29. The van der Waals surface area contributed by atoms with Gasteiger partial charge in [-0.05, 0) is 31.8 Å². The monoisotopic (exact) mass is 257 g/mol. The highest BCUT2D eigenvalue weighted by Gasteiger charge is 2.34. The van der Waals surface area contributed by atoms with Crippen molar-refractivity contribution in [1.29, 1.82) is 0 Å². The summed E-state index contributed by atoms with van der Waals surface area (Å²) in [6, 6.07) is 0. The van der Waals surface area contributed by atoms with Crippen molar-refractivity contribution in [2.24, 2.45) is 0 Å². The number of fused-ring (bicyclic) bond motifs is 3. The first-order chi connectivity index (χ1) is 9.40. The second kappa shape index (κ2) is 4.53. The zero-order valence-corrected chi connectivity index (χ0v) is 11.0. The van der Waals surface area contributed by atoms with E-state index in [0.29, 0.717) is 12.2 Å². The molecule has 0 spiro atoms. The van der Waals surface area contributed by atoms with Crippen LogP contribution in [0.4, 0.5) is 5.82 Å². The molecule has 0 radical (unpaired) electrons. The molecule has 2 unspecified atom stereocenters. The molecule has 3 heterocycles. The highest BCUT2D eigenvalue weighted by molar-refractivity contribution is 5.52. The van der Waals surface area contributed by atoms with Gasteiger partial charge in [0, 0.05) is 18.3 Å². The van der Waals surface area contributed by atoms with E-state index in [2.05, 4.69) is 39.4 Å². The number of hydrogen-bond acceptors (Lipinski definition) is 3. The number of H-pyrrole nitrogens is 1. The molecule has 1 aromatic rings. The summed E-state index contributed by atoms with van der Waals surface area (Å²) in [6.07, 6.45) is 14.2. The van der Waals surface area contributed by atoms with Crippen molar-refractivity contribution in [3.8, 4) is 0 Å². The SMILES string of the molecule is C1=CCCC=c2[nH]nc(N3CC4CCC(C3)O4)c2=C1. The van der Waals surface area contributed by atoms with Gasteiger partial charge in [-0.3, -0.25) is 5.10 Å². The van der Waals surface area contributed by atoms with Gasteiger partial charge in [0.05, 0.1) is 17.6 Å². The van der Waals surface area contributed by atoms with Gasteiger partial charge in [-0.1, -0.05) is 18.2 Å². The number of rotatable bonds is 1. The first-order valence-electron chi connectivity index (χ1n) is 7.22. The van der Waals surface area contributed by atoms with Crippen molar-refractivity contribution < 1.29 is 4.74 Å². The van der Waals surface area contributed by atoms with Crippen LogP contribution in [0.15, 0.2) is 12.2 Å². The van der Waals surface area contributed by atoms with Gasteiger partial charge in [0.15, 0.2) is 5.82 Å². The smallest absolute Gasteiger partial charge is 0.158 e. The number of nitrogens with zero attached hydrogens (tertiary/aromatic N) is 2. The molecule has 2 aliphatic heterocycles. The van der Waals surface area contributed by atoms with Gasteiger partial charge in [-0.15, -0.1) is 0 Å². The molecule has 0 amide bonds. The molecule has 0 saturated carbocycles. The van der Waals surface area contributed by atoms with E-state index in [4.69, 9.17) is 4.74 Å². The van der Waals surface area contributed by atoms with Crippen LogP contribution in [0.25, 0.3) is 12.2 Å². The topological polar surface area (TPSA) is 41.2 Å². The number of aromatic nitrogens is 2. The Bertz CT molecular complexity index is 604. The van der Waals surface area contributed by atoms with E-state index in [9.17, 15) is 0 Å². The number of anilines is 1. The van der Waals surface area contributed by atoms with Crippen molar-refractivity contribution in [2.45, 2.75) is 37.9 Å². The molecule has 2 saturated heterocycles. The Hall–Kier alpha value is -1.55. The van der Waals surface area contributed by atoms with Gasteiger partial charge < -0.3 is 9.64 Å². The van der Waals surface area contributed by atoms with Crippen molar-refractivity contribution in [1.82, 2.24) is 10.2 Å². The lowest BCUT2D eigenvalue weighted by atomic mass is 10.2. The number of nitrogens with one attached hydrogen (secondary N) is 1. The molecule has 4 nitrogen and oxygen atoms in total. The zero-order valence-electron chi connectivity index (χ0n) is 11.0. The number of hydrogen-bond donors (Lipinski definition) is 1. The van der Waals surface area contributed by atoms with Crippen LogP contribution in [0.3, 0.4) is 0 Å². The van der Waals surface area contributed by atoms with E-state index in [0.717, 1.165) is 37.1 Å². The first-order valence-corrected chi connectivity index (χ1v) is 7.22. The van der Waals surface area contributed by atoms with E-state index in [-0.39, 0.29) is 0 Å². The van der Waals surface area contributed by atoms with Crippen molar-refractivity contribution in [3.05, 3.63) is 22.7 Å². The van der Waals surface area contributed by atoms with Crippen molar-refractivity contribution in [2.75, 3.05) is 18.0 Å². The molecule has 4 heteroatoms. The third-order valence-corrected chi connectivity index (χ3v) is 4.24. The van der Waals surface area contributed by atoms with Crippen LogP contribution < -0.4 is 15.5 Å². The average Bonchev–Trinajstić information content (AvgIpc) is 2.93. The number of morpholine rings is 1. The van der Waals surface area contributed by atoms with Crippen molar-refractivity contribution >= 4 is 18.0 Å². The van der Waals surface area contributed by atoms with Gasteiger partial charge in [0.25, 0.3) is 0 Å². The Labute approximate surface area is 112 Å². The highest BCUT2D eigenvalue weighted by Crippen LogP contribution is 2.27. The summed E-state index contributed by atoms with van der Waals surface area (Å²) in [4.78, 5) is 2.39. The maximum absolute atomic E-state index is 5.90. The number of aromatic amines is 1. The lowest BCUT2D eigenvalue weighted by Crippen LogP contribution is -2.45. The first kappa shape index (κ1) is 11.3. The average molecular weight is 257 g/mol. The zero-order chi connectivity index (χ0) is 12.7. The van der Waals surface area contributed by atoms with Crippen LogP contribution in [0.1, 0.15) is 25.7 Å². The second-order valence-corrected chi connectivity index (χ2v) is 5.61. The predicted molar refractivity (Wildman–Crippen MR) is 75.2 cm³/mol. The molecule has 0 aromatic carbocycles. The van der Waals surface area contributed by atoms with E-state index < -0.39 is 0 Å². The molecule has 1 aliphatic carbocycles. The molecule has 19 heavy (non-hydrogen) atoms. The molecule has 3 aliphatic rings. The third-order valence-electron chi connectivity index (χ3n) is 4.24. The minimum Gasteiger partial charge on any atom is -0.371 e. The largest absolute Gasteiger partial charge is 0.371 e. The summed E-state index contributed by atoms with van der Waals surface area (Å²) in [7, 11) is 0. The minimum absolute atomic E-state index is 0.402. The lowest BCUT2D eigenvalue weighted by molar-refractivity contribution is 0.0302. The Kier molecular flexibility index (Phi) is 2.69. The fourth-order valence-electron chi connectivity index (χ4n) is 3.29. The quantitative estimate of drug-likeness (QED) is 0.805. The Balaban J connectivity index is 1.75. The molecule has 1 aromatic heterocycles. The summed E-state index contributed by atoms with van der Waals surface area (Å²) in [6.45, 7) is 1.96. The summed E-state index contributed by atoms with van der Waals surface area (Å²) in [5, 5.41) is 10.1. The fraction of sp³-hybridized carbons (Fsp3) is 0.533. The molecular weight excluding hydrogens is 238 g/mol.